The average molecular weight is 236 g/mol. The molecule has 1 aromatic rings. The lowest BCUT2D eigenvalue weighted by molar-refractivity contribution is -0.123. The van der Waals surface area contributed by atoms with Crippen LogP contribution in [-0.4, -0.2) is 31.0 Å². The van der Waals surface area contributed by atoms with Crippen LogP contribution in [0.5, 0.6) is 5.75 Å². The van der Waals surface area contributed by atoms with E-state index in [4.69, 9.17) is 10.5 Å². The van der Waals surface area contributed by atoms with Gasteiger partial charge < -0.3 is 10.5 Å². The van der Waals surface area contributed by atoms with E-state index in [9.17, 15) is 4.79 Å². The lowest BCUT2D eigenvalue weighted by Crippen LogP contribution is -2.37. The van der Waals surface area contributed by atoms with Crippen molar-refractivity contribution in [1.82, 2.24) is 4.90 Å². The van der Waals surface area contributed by atoms with Gasteiger partial charge in [0.1, 0.15) is 11.8 Å². The Bertz CT molecular complexity index is 375. The summed E-state index contributed by atoms with van der Waals surface area (Å²) in [4.78, 5) is 13.7. The van der Waals surface area contributed by atoms with Gasteiger partial charge in [-0.3, -0.25) is 9.69 Å². The smallest absolute Gasteiger partial charge is 0.239 e. The van der Waals surface area contributed by atoms with Crippen molar-refractivity contribution in [2.45, 2.75) is 19.9 Å². The molecule has 1 rings (SSSR count). The molecule has 0 aromatic heterocycles. The quantitative estimate of drug-likeness (QED) is 0.815. The Kier molecular flexibility index (Phi) is 4.97. The molecule has 0 aliphatic rings. The summed E-state index contributed by atoms with van der Waals surface area (Å²) in [6, 6.07) is 7.06. The zero-order valence-electron chi connectivity index (χ0n) is 10.6. The topological polar surface area (TPSA) is 55.6 Å². The molecule has 1 amide bonds. The molecular weight excluding hydrogens is 216 g/mol. The van der Waals surface area contributed by atoms with Crippen molar-refractivity contribution in [1.29, 1.82) is 0 Å². The fourth-order valence-corrected chi connectivity index (χ4v) is 2.01. The molecule has 1 atom stereocenters. The van der Waals surface area contributed by atoms with E-state index in [0.717, 1.165) is 18.7 Å². The highest BCUT2D eigenvalue weighted by Crippen LogP contribution is 2.28. The number of rotatable bonds is 6. The molecule has 4 nitrogen and oxygen atoms in total. The van der Waals surface area contributed by atoms with Crippen LogP contribution in [0.4, 0.5) is 0 Å². The number of methoxy groups -OCH3 is 1. The molecular formula is C13H20N2O2. The number of amides is 1. The predicted octanol–water partition coefficient (Wildman–Crippen LogP) is 1.56. The Morgan fingerprint density at radius 2 is 1.94 bits per heavy atom. The number of carbonyl (C=O) groups excluding carboxylic acids is 1. The van der Waals surface area contributed by atoms with Crippen LogP contribution in [0.3, 0.4) is 0 Å². The predicted molar refractivity (Wildman–Crippen MR) is 67.9 cm³/mol. The van der Waals surface area contributed by atoms with Gasteiger partial charge in [-0.25, -0.2) is 0 Å². The Balaban J connectivity index is 3.17. The summed E-state index contributed by atoms with van der Waals surface area (Å²) < 4.78 is 5.28. The molecule has 0 fully saturated rings. The standard InChI is InChI=1S/C13H20N2O2/c1-4-15(5-2)12(13(14)16)10-8-6-7-9-11(10)17-3/h6-9,12H,4-5H2,1-3H3,(H2,14,16). The van der Waals surface area contributed by atoms with E-state index < -0.39 is 6.04 Å². The fourth-order valence-electron chi connectivity index (χ4n) is 2.01. The second-order valence-electron chi connectivity index (χ2n) is 3.77. The van der Waals surface area contributed by atoms with Crippen LogP contribution in [-0.2, 0) is 4.79 Å². The van der Waals surface area contributed by atoms with Crippen LogP contribution < -0.4 is 10.5 Å². The van der Waals surface area contributed by atoms with Crippen LogP contribution in [0.2, 0.25) is 0 Å². The highest BCUT2D eigenvalue weighted by atomic mass is 16.5. The van der Waals surface area contributed by atoms with Gasteiger partial charge >= 0.3 is 0 Å². The third-order valence-corrected chi connectivity index (χ3v) is 2.88. The van der Waals surface area contributed by atoms with E-state index in [1.165, 1.54) is 0 Å². The molecule has 4 heteroatoms. The Morgan fingerprint density at radius 3 is 2.41 bits per heavy atom. The third-order valence-electron chi connectivity index (χ3n) is 2.88. The first kappa shape index (κ1) is 13.5. The zero-order valence-corrected chi connectivity index (χ0v) is 10.6. The lowest BCUT2D eigenvalue weighted by atomic mass is 10.0. The molecule has 94 valence electrons. The number of nitrogens with two attached hydrogens (primary N) is 1. The van der Waals surface area contributed by atoms with E-state index in [0.29, 0.717) is 5.75 Å². The van der Waals surface area contributed by atoms with Gasteiger partial charge in [-0.15, -0.1) is 0 Å². The molecule has 0 aliphatic carbocycles. The van der Waals surface area contributed by atoms with Crippen molar-refractivity contribution in [3.8, 4) is 5.75 Å². The highest BCUT2D eigenvalue weighted by Gasteiger charge is 2.26. The van der Waals surface area contributed by atoms with Crippen molar-refractivity contribution in [2.24, 2.45) is 5.73 Å². The van der Waals surface area contributed by atoms with E-state index in [2.05, 4.69) is 0 Å². The van der Waals surface area contributed by atoms with Gasteiger partial charge in [-0.2, -0.15) is 0 Å². The first-order valence-corrected chi connectivity index (χ1v) is 5.81. The van der Waals surface area contributed by atoms with Crippen molar-refractivity contribution >= 4 is 5.91 Å². The van der Waals surface area contributed by atoms with Crippen LogP contribution in [0.1, 0.15) is 25.5 Å². The van der Waals surface area contributed by atoms with Crippen LogP contribution in [0.25, 0.3) is 0 Å². The molecule has 2 N–H and O–H groups in total. The highest BCUT2D eigenvalue weighted by molar-refractivity contribution is 5.82. The number of benzene rings is 1. The zero-order chi connectivity index (χ0) is 12.8. The number of hydrogen-bond donors (Lipinski definition) is 1. The van der Waals surface area contributed by atoms with Gasteiger partial charge in [0.2, 0.25) is 5.91 Å². The van der Waals surface area contributed by atoms with E-state index in [-0.39, 0.29) is 5.91 Å². The maximum atomic E-state index is 11.7. The number of primary amides is 1. The number of nitrogens with zero attached hydrogens (tertiary/aromatic N) is 1. The summed E-state index contributed by atoms with van der Waals surface area (Å²) in [6.07, 6.45) is 0. The van der Waals surface area contributed by atoms with Gasteiger partial charge in [0.15, 0.2) is 0 Å². The molecule has 0 spiro atoms. The second-order valence-corrected chi connectivity index (χ2v) is 3.77. The summed E-state index contributed by atoms with van der Waals surface area (Å²) in [6.45, 7) is 5.55. The van der Waals surface area contributed by atoms with Gasteiger partial charge in [0.25, 0.3) is 0 Å². The molecule has 0 radical (unpaired) electrons. The van der Waals surface area contributed by atoms with Crippen LogP contribution in [0.15, 0.2) is 24.3 Å². The molecule has 0 heterocycles. The average Bonchev–Trinajstić information content (AvgIpc) is 2.35. The number of likely N-dealkylation sites (N-methyl/N-ethyl adjacent to an activating group) is 1. The maximum Gasteiger partial charge on any atom is 0.239 e. The number of hydrogen-bond acceptors (Lipinski definition) is 3. The summed E-state index contributed by atoms with van der Waals surface area (Å²) >= 11 is 0. The minimum Gasteiger partial charge on any atom is -0.496 e. The number of para-hydroxylation sites is 1. The van der Waals surface area contributed by atoms with Gasteiger partial charge in [-0.1, -0.05) is 32.0 Å². The Morgan fingerprint density at radius 1 is 1.35 bits per heavy atom. The molecule has 17 heavy (non-hydrogen) atoms. The normalized spacial score (nSPS) is 12.5. The fraction of sp³-hybridized carbons (Fsp3) is 0.462. The maximum absolute atomic E-state index is 11.7. The Labute approximate surface area is 102 Å². The van der Waals surface area contributed by atoms with Crippen molar-refractivity contribution in [3.05, 3.63) is 29.8 Å². The first-order valence-electron chi connectivity index (χ1n) is 5.81. The monoisotopic (exact) mass is 236 g/mol. The molecule has 1 unspecified atom stereocenters. The van der Waals surface area contributed by atoms with E-state index in [1.54, 1.807) is 7.11 Å². The van der Waals surface area contributed by atoms with E-state index in [1.807, 2.05) is 43.0 Å². The van der Waals surface area contributed by atoms with E-state index >= 15 is 0 Å². The second kappa shape index (κ2) is 6.25. The van der Waals surface area contributed by atoms with Gasteiger partial charge in [0, 0.05) is 5.56 Å². The van der Waals surface area contributed by atoms with Crippen LogP contribution in [0, 0.1) is 0 Å². The summed E-state index contributed by atoms with van der Waals surface area (Å²) in [5.74, 6) is 0.349. The third kappa shape index (κ3) is 2.97. The van der Waals surface area contributed by atoms with Gasteiger partial charge in [0.05, 0.1) is 7.11 Å². The summed E-state index contributed by atoms with van der Waals surface area (Å²) in [5, 5.41) is 0. The largest absolute Gasteiger partial charge is 0.496 e. The lowest BCUT2D eigenvalue weighted by Gasteiger charge is -2.28. The van der Waals surface area contributed by atoms with Gasteiger partial charge in [-0.05, 0) is 19.2 Å². The minimum atomic E-state index is -0.429. The molecule has 0 aliphatic heterocycles. The molecule has 0 saturated heterocycles. The molecule has 0 bridgehead atoms. The Hall–Kier alpha value is -1.55. The minimum absolute atomic E-state index is 0.349. The first-order chi connectivity index (χ1) is 8.15. The van der Waals surface area contributed by atoms with Crippen molar-refractivity contribution in [2.75, 3.05) is 20.2 Å². The van der Waals surface area contributed by atoms with Crippen LogP contribution >= 0.6 is 0 Å². The number of carbonyl (C=O) groups is 1. The summed E-state index contributed by atoms with van der Waals surface area (Å²) in [5.41, 5.74) is 6.33. The molecule has 0 saturated carbocycles. The van der Waals surface area contributed by atoms with Crippen molar-refractivity contribution < 1.29 is 9.53 Å². The van der Waals surface area contributed by atoms with Crippen molar-refractivity contribution in [3.63, 3.8) is 0 Å². The SMILES string of the molecule is CCN(CC)C(C(N)=O)c1ccccc1OC. The molecule has 1 aromatic carbocycles. The number of ether oxygens (including phenoxy) is 1. The summed E-state index contributed by atoms with van der Waals surface area (Å²) in [7, 11) is 1.60.